The van der Waals surface area contributed by atoms with Crippen LogP contribution in [0.15, 0.2) is 65.6 Å². The van der Waals surface area contributed by atoms with Crippen molar-refractivity contribution in [1.29, 1.82) is 0 Å². The van der Waals surface area contributed by atoms with Crippen molar-refractivity contribution >= 4 is 15.8 Å². The average molecular weight is 420 g/mol. The molecule has 0 aliphatic heterocycles. The van der Waals surface area contributed by atoms with Crippen LogP contribution in [0.4, 0.5) is 5.69 Å². The van der Waals surface area contributed by atoms with Crippen LogP contribution in [0.25, 0.3) is 0 Å². The molecule has 2 rings (SSSR count). The van der Waals surface area contributed by atoms with Gasteiger partial charge in [0, 0.05) is 5.69 Å². The molecule has 0 fully saturated rings. The van der Waals surface area contributed by atoms with E-state index in [9.17, 15) is 8.42 Å². The molecular weight excluding hydrogens is 382 g/mol. The number of para-hydroxylation sites is 1. The Morgan fingerprint density at radius 2 is 1.14 bits per heavy atom. The first-order valence-corrected chi connectivity index (χ1v) is 12.2. The number of hydrogen-bond donors (Lipinski definition) is 1. The second kappa shape index (κ2) is 16.0. The van der Waals surface area contributed by atoms with Crippen LogP contribution in [0.3, 0.4) is 0 Å². The van der Waals surface area contributed by atoms with Gasteiger partial charge in [0.15, 0.2) is 0 Å². The maximum Gasteiger partial charge on any atom is 0.296 e. The predicted molar refractivity (Wildman–Crippen MR) is 122 cm³/mol. The van der Waals surface area contributed by atoms with Crippen molar-refractivity contribution in [3.63, 3.8) is 0 Å². The smallest absolute Gasteiger partial charge is 0.296 e. The predicted octanol–water partition coefficient (Wildman–Crippen LogP) is 6.58. The molecule has 29 heavy (non-hydrogen) atoms. The molecule has 0 spiro atoms. The SMILES string of the molecule is CCCCCCCCCCCCOS(=O)(=O)c1ccccc1.Nc1ccccc1. The Hall–Kier alpha value is -1.85. The van der Waals surface area contributed by atoms with E-state index in [0.29, 0.717) is 0 Å². The Morgan fingerprint density at radius 3 is 1.59 bits per heavy atom. The topological polar surface area (TPSA) is 69.4 Å². The van der Waals surface area contributed by atoms with Gasteiger partial charge in [0.25, 0.3) is 10.1 Å². The fourth-order valence-electron chi connectivity index (χ4n) is 2.87. The van der Waals surface area contributed by atoms with E-state index in [-0.39, 0.29) is 11.5 Å². The Balaban J connectivity index is 0.000000502. The highest BCUT2D eigenvalue weighted by molar-refractivity contribution is 7.86. The van der Waals surface area contributed by atoms with Gasteiger partial charge >= 0.3 is 0 Å². The molecule has 162 valence electrons. The summed E-state index contributed by atoms with van der Waals surface area (Å²) >= 11 is 0. The Kier molecular flexibility index (Phi) is 13.9. The van der Waals surface area contributed by atoms with E-state index in [1.165, 1.54) is 51.4 Å². The summed E-state index contributed by atoms with van der Waals surface area (Å²) in [4.78, 5) is 0.238. The molecule has 0 saturated heterocycles. The van der Waals surface area contributed by atoms with Crippen molar-refractivity contribution in [2.24, 2.45) is 0 Å². The molecule has 2 N–H and O–H groups in total. The minimum absolute atomic E-state index is 0.238. The van der Waals surface area contributed by atoms with Gasteiger partial charge in [-0.25, -0.2) is 0 Å². The molecule has 2 aromatic rings. The number of benzene rings is 2. The molecule has 0 heterocycles. The lowest BCUT2D eigenvalue weighted by atomic mass is 10.1. The van der Waals surface area contributed by atoms with E-state index >= 15 is 0 Å². The van der Waals surface area contributed by atoms with Gasteiger partial charge in [0.1, 0.15) is 0 Å². The van der Waals surface area contributed by atoms with Crippen LogP contribution in [-0.4, -0.2) is 15.0 Å². The molecule has 4 nitrogen and oxygen atoms in total. The van der Waals surface area contributed by atoms with Gasteiger partial charge < -0.3 is 5.73 Å². The van der Waals surface area contributed by atoms with Crippen LogP contribution >= 0.6 is 0 Å². The van der Waals surface area contributed by atoms with Crippen molar-refractivity contribution in [2.75, 3.05) is 12.3 Å². The van der Waals surface area contributed by atoms with Crippen LogP contribution < -0.4 is 5.73 Å². The summed E-state index contributed by atoms with van der Waals surface area (Å²) in [6.07, 6.45) is 12.3. The number of nitrogens with two attached hydrogens (primary N) is 1. The molecule has 0 unspecified atom stereocenters. The quantitative estimate of drug-likeness (QED) is 0.226. The van der Waals surface area contributed by atoms with Crippen molar-refractivity contribution in [3.05, 3.63) is 60.7 Å². The summed E-state index contributed by atoms with van der Waals surface area (Å²) in [5, 5.41) is 0. The molecule has 0 amide bonds. The van der Waals surface area contributed by atoms with E-state index in [4.69, 9.17) is 9.92 Å². The fraction of sp³-hybridized carbons (Fsp3) is 0.500. The standard InChI is InChI=1S/C18H30O3S.C6H7N/c1-2-3-4-5-6-7-8-9-10-14-17-21-22(19,20)18-15-12-11-13-16-18;7-6-4-2-1-3-5-6/h11-13,15-16H,2-10,14,17H2,1H3;1-5H,7H2. The summed E-state index contributed by atoms with van der Waals surface area (Å²) in [5.41, 5.74) is 6.18. The molecule has 0 aliphatic rings. The van der Waals surface area contributed by atoms with Crippen molar-refractivity contribution in [2.45, 2.75) is 76.0 Å². The largest absolute Gasteiger partial charge is 0.399 e. The third-order valence-electron chi connectivity index (χ3n) is 4.57. The first-order chi connectivity index (χ1) is 14.1. The zero-order valence-corrected chi connectivity index (χ0v) is 18.6. The molecule has 0 aliphatic carbocycles. The summed E-state index contributed by atoms with van der Waals surface area (Å²) in [6.45, 7) is 2.52. The molecule has 0 radical (unpaired) electrons. The van der Waals surface area contributed by atoms with Crippen LogP contribution in [0.2, 0.25) is 0 Å². The third-order valence-corrected chi connectivity index (χ3v) is 5.89. The lowest BCUT2D eigenvalue weighted by Crippen LogP contribution is -2.07. The van der Waals surface area contributed by atoms with Crippen LogP contribution in [0.1, 0.15) is 71.1 Å². The zero-order chi connectivity index (χ0) is 21.2. The Bertz CT molecular complexity index is 718. The molecule has 2 aromatic carbocycles. The molecule has 0 atom stereocenters. The van der Waals surface area contributed by atoms with Crippen molar-refractivity contribution in [1.82, 2.24) is 0 Å². The highest BCUT2D eigenvalue weighted by Gasteiger charge is 2.13. The fourth-order valence-corrected chi connectivity index (χ4v) is 3.83. The van der Waals surface area contributed by atoms with Gasteiger partial charge in [-0.1, -0.05) is 101 Å². The number of hydrogen-bond acceptors (Lipinski definition) is 4. The highest BCUT2D eigenvalue weighted by atomic mass is 32.2. The van der Waals surface area contributed by atoms with E-state index in [1.54, 1.807) is 30.3 Å². The summed E-state index contributed by atoms with van der Waals surface area (Å²) in [5.74, 6) is 0. The minimum Gasteiger partial charge on any atom is -0.399 e. The zero-order valence-electron chi connectivity index (χ0n) is 17.8. The van der Waals surface area contributed by atoms with Gasteiger partial charge in [0.05, 0.1) is 11.5 Å². The van der Waals surface area contributed by atoms with E-state index < -0.39 is 10.1 Å². The highest BCUT2D eigenvalue weighted by Crippen LogP contribution is 2.13. The molecular formula is C24H37NO3S. The van der Waals surface area contributed by atoms with Gasteiger partial charge in [-0.3, -0.25) is 4.18 Å². The first-order valence-electron chi connectivity index (χ1n) is 10.8. The second-order valence-corrected chi connectivity index (χ2v) is 8.80. The van der Waals surface area contributed by atoms with E-state index in [1.807, 2.05) is 30.3 Å². The van der Waals surface area contributed by atoms with Gasteiger partial charge in [-0.05, 0) is 30.7 Å². The Morgan fingerprint density at radius 1 is 0.690 bits per heavy atom. The lowest BCUT2D eigenvalue weighted by molar-refractivity contribution is 0.306. The van der Waals surface area contributed by atoms with Gasteiger partial charge in [-0.15, -0.1) is 0 Å². The normalized spacial score (nSPS) is 10.9. The third kappa shape index (κ3) is 13.1. The number of unbranched alkanes of at least 4 members (excludes halogenated alkanes) is 9. The number of nitrogen functional groups attached to an aromatic ring is 1. The van der Waals surface area contributed by atoms with Crippen molar-refractivity contribution in [3.8, 4) is 0 Å². The van der Waals surface area contributed by atoms with Crippen LogP contribution in [-0.2, 0) is 14.3 Å². The maximum atomic E-state index is 11.9. The lowest BCUT2D eigenvalue weighted by Gasteiger charge is -2.05. The van der Waals surface area contributed by atoms with Gasteiger partial charge in [-0.2, -0.15) is 8.42 Å². The number of rotatable bonds is 13. The van der Waals surface area contributed by atoms with E-state index in [0.717, 1.165) is 18.5 Å². The molecule has 0 aromatic heterocycles. The minimum atomic E-state index is -3.57. The molecule has 0 bridgehead atoms. The average Bonchev–Trinajstić information content (AvgIpc) is 2.74. The van der Waals surface area contributed by atoms with Gasteiger partial charge in [0.2, 0.25) is 0 Å². The monoisotopic (exact) mass is 419 g/mol. The molecule has 0 saturated carbocycles. The maximum absolute atomic E-state index is 11.9. The number of anilines is 1. The Labute approximate surface area is 177 Å². The summed E-state index contributed by atoms with van der Waals surface area (Å²) in [7, 11) is -3.57. The van der Waals surface area contributed by atoms with Crippen LogP contribution in [0.5, 0.6) is 0 Å². The van der Waals surface area contributed by atoms with Crippen molar-refractivity contribution < 1.29 is 12.6 Å². The molecule has 5 heteroatoms. The van der Waals surface area contributed by atoms with Crippen LogP contribution in [0, 0.1) is 0 Å². The second-order valence-electron chi connectivity index (χ2n) is 7.18. The summed E-state index contributed by atoms with van der Waals surface area (Å²) < 4.78 is 28.8. The first kappa shape index (κ1) is 25.2. The van der Waals surface area contributed by atoms with E-state index in [2.05, 4.69) is 6.92 Å². The summed E-state index contributed by atoms with van der Waals surface area (Å²) in [6, 6.07) is 17.8.